The van der Waals surface area contributed by atoms with Crippen LogP contribution in [0.4, 0.5) is 0 Å². The first-order chi connectivity index (χ1) is 9.98. The maximum Gasteiger partial charge on any atom is 0.115 e. The Bertz CT molecular complexity index is 501. The molecular formula is C17H29N3O. The molecule has 1 aromatic heterocycles. The van der Waals surface area contributed by atoms with Crippen LogP contribution in [0.25, 0.3) is 0 Å². The second-order valence-electron chi connectivity index (χ2n) is 7.65. The summed E-state index contributed by atoms with van der Waals surface area (Å²) >= 11 is 0. The molecule has 4 heteroatoms. The highest BCUT2D eigenvalue weighted by atomic mass is 16.3. The van der Waals surface area contributed by atoms with E-state index in [9.17, 15) is 5.11 Å². The summed E-state index contributed by atoms with van der Waals surface area (Å²) in [6.07, 6.45) is 6.44. The summed E-state index contributed by atoms with van der Waals surface area (Å²) in [6.45, 7) is 8.58. The number of aliphatic hydroxyl groups excluding tert-OH is 1. The standard InChI is InChI=1S/C17H29N3O/c1-17(2,3)16-19-12-11-18-10-9-13(12)20(16)14-7-5-4-6-8-15(14)21/h14-15,18,21H,4-11H2,1-3H3. The predicted octanol–water partition coefficient (Wildman–Crippen LogP) is 2.69. The average molecular weight is 291 g/mol. The molecule has 0 bridgehead atoms. The maximum absolute atomic E-state index is 10.6. The van der Waals surface area contributed by atoms with Crippen molar-refractivity contribution < 1.29 is 5.11 Å². The maximum atomic E-state index is 10.6. The van der Waals surface area contributed by atoms with Gasteiger partial charge < -0.3 is 15.0 Å². The molecule has 1 fully saturated rings. The normalized spacial score (nSPS) is 27.2. The van der Waals surface area contributed by atoms with Crippen molar-refractivity contribution in [3.8, 4) is 0 Å². The van der Waals surface area contributed by atoms with Gasteiger partial charge in [0.2, 0.25) is 0 Å². The summed E-state index contributed by atoms with van der Waals surface area (Å²) < 4.78 is 2.42. The summed E-state index contributed by atoms with van der Waals surface area (Å²) in [5.41, 5.74) is 2.58. The molecule has 2 atom stereocenters. The van der Waals surface area contributed by atoms with Crippen LogP contribution in [0, 0.1) is 0 Å². The van der Waals surface area contributed by atoms with Crippen molar-refractivity contribution in [3.05, 3.63) is 17.2 Å². The van der Waals surface area contributed by atoms with Gasteiger partial charge in [0.15, 0.2) is 0 Å². The van der Waals surface area contributed by atoms with Crippen LogP contribution in [0.5, 0.6) is 0 Å². The molecule has 21 heavy (non-hydrogen) atoms. The van der Waals surface area contributed by atoms with E-state index < -0.39 is 0 Å². The van der Waals surface area contributed by atoms with E-state index in [0.29, 0.717) is 0 Å². The van der Waals surface area contributed by atoms with Crippen LogP contribution in [-0.2, 0) is 18.4 Å². The fourth-order valence-corrected chi connectivity index (χ4v) is 3.79. The molecule has 2 unspecified atom stereocenters. The van der Waals surface area contributed by atoms with Gasteiger partial charge in [-0.3, -0.25) is 0 Å². The van der Waals surface area contributed by atoms with Gasteiger partial charge in [-0.15, -0.1) is 0 Å². The molecule has 2 N–H and O–H groups in total. The van der Waals surface area contributed by atoms with Gasteiger partial charge in [-0.1, -0.05) is 40.0 Å². The van der Waals surface area contributed by atoms with Crippen LogP contribution in [-0.4, -0.2) is 27.3 Å². The molecule has 1 saturated carbocycles. The lowest BCUT2D eigenvalue weighted by Gasteiger charge is -2.30. The van der Waals surface area contributed by atoms with Crippen molar-refractivity contribution in [1.29, 1.82) is 0 Å². The van der Waals surface area contributed by atoms with Gasteiger partial charge in [0.05, 0.1) is 17.8 Å². The Labute approximate surface area is 128 Å². The Balaban J connectivity index is 2.08. The van der Waals surface area contributed by atoms with Crippen LogP contribution in [0.15, 0.2) is 0 Å². The van der Waals surface area contributed by atoms with E-state index in [1.165, 1.54) is 24.2 Å². The van der Waals surface area contributed by atoms with Crippen LogP contribution in [0.3, 0.4) is 0 Å². The fourth-order valence-electron chi connectivity index (χ4n) is 3.79. The third-order valence-corrected chi connectivity index (χ3v) is 4.87. The number of hydrogen-bond donors (Lipinski definition) is 2. The fraction of sp³-hybridized carbons (Fsp3) is 0.824. The molecule has 0 amide bonds. The van der Waals surface area contributed by atoms with Gasteiger partial charge in [0.25, 0.3) is 0 Å². The van der Waals surface area contributed by atoms with Crippen LogP contribution < -0.4 is 5.32 Å². The number of imidazole rings is 1. The van der Waals surface area contributed by atoms with E-state index in [-0.39, 0.29) is 17.6 Å². The van der Waals surface area contributed by atoms with Crippen molar-refractivity contribution in [1.82, 2.24) is 14.9 Å². The minimum absolute atomic E-state index is 0.0172. The SMILES string of the molecule is CC(C)(C)c1nc2c(n1C1CCCCCC1O)CCNC2. The quantitative estimate of drug-likeness (QED) is 0.782. The number of fused-ring (bicyclic) bond motifs is 1. The largest absolute Gasteiger partial charge is 0.391 e. The molecule has 1 aliphatic carbocycles. The molecule has 2 heterocycles. The third kappa shape index (κ3) is 2.88. The number of nitrogens with zero attached hydrogens (tertiary/aromatic N) is 2. The molecule has 0 spiro atoms. The highest BCUT2D eigenvalue weighted by Gasteiger charge is 2.33. The number of aliphatic hydroxyl groups is 1. The summed E-state index contributed by atoms with van der Waals surface area (Å²) in [6, 6.07) is 0.219. The molecule has 4 nitrogen and oxygen atoms in total. The first-order valence-corrected chi connectivity index (χ1v) is 8.47. The lowest BCUT2D eigenvalue weighted by atomic mass is 9.94. The Kier molecular flexibility index (Phi) is 4.10. The van der Waals surface area contributed by atoms with Crippen LogP contribution in [0.2, 0.25) is 0 Å². The Morgan fingerprint density at radius 1 is 1.19 bits per heavy atom. The van der Waals surface area contributed by atoms with E-state index in [4.69, 9.17) is 4.98 Å². The zero-order valence-electron chi connectivity index (χ0n) is 13.7. The van der Waals surface area contributed by atoms with E-state index in [0.717, 1.165) is 44.6 Å². The highest BCUT2D eigenvalue weighted by Crippen LogP contribution is 2.35. The molecule has 0 radical (unpaired) electrons. The topological polar surface area (TPSA) is 50.1 Å². The lowest BCUT2D eigenvalue weighted by molar-refractivity contribution is 0.101. The number of nitrogens with one attached hydrogen (secondary N) is 1. The number of rotatable bonds is 1. The van der Waals surface area contributed by atoms with Gasteiger partial charge in [0, 0.05) is 30.6 Å². The van der Waals surface area contributed by atoms with Crippen LogP contribution >= 0.6 is 0 Å². The van der Waals surface area contributed by atoms with Gasteiger partial charge in [0.1, 0.15) is 5.82 Å². The Morgan fingerprint density at radius 3 is 2.71 bits per heavy atom. The number of hydrogen-bond acceptors (Lipinski definition) is 3. The van der Waals surface area contributed by atoms with Crippen LogP contribution in [0.1, 0.15) is 76.1 Å². The molecule has 0 saturated heterocycles. The zero-order chi connectivity index (χ0) is 15.0. The first kappa shape index (κ1) is 15.0. The van der Waals surface area contributed by atoms with Gasteiger partial charge in [-0.25, -0.2) is 4.98 Å². The summed E-state index contributed by atoms with van der Waals surface area (Å²) in [5.74, 6) is 1.15. The van der Waals surface area contributed by atoms with Gasteiger partial charge in [-0.05, 0) is 12.8 Å². The summed E-state index contributed by atoms with van der Waals surface area (Å²) in [7, 11) is 0. The Morgan fingerprint density at radius 2 is 1.95 bits per heavy atom. The van der Waals surface area contributed by atoms with Crippen molar-refractivity contribution in [2.24, 2.45) is 0 Å². The smallest absolute Gasteiger partial charge is 0.115 e. The van der Waals surface area contributed by atoms with Crippen molar-refractivity contribution in [2.45, 2.75) is 83.4 Å². The lowest BCUT2D eigenvalue weighted by Crippen LogP contribution is -2.32. The predicted molar refractivity (Wildman–Crippen MR) is 84.5 cm³/mol. The Hall–Kier alpha value is -0.870. The minimum atomic E-state index is -0.221. The molecule has 118 valence electrons. The third-order valence-electron chi connectivity index (χ3n) is 4.87. The molecule has 3 rings (SSSR count). The second kappa shape index (κ2) is 5.73. The summed E-state index contributed by atoms with van der Waals surface area (Å²) in [4.78, 5) is 4.95. The van der Waals surface area contributed by atoms with Crippen molar-refractivity contribution in [2.75, 3.05) is 6.54 Å². The van der Waals surface area contributed by atoms with Gasteiger partial charge in [-0.2, -0.15) is 0 Å². The van der Waals surface area contributed by atoms with Gasteiger partial charge >= 0.3 is 0 Å². The van der Waals surface area contributed by atoms with E-state index in [1.807, 2.05) is 0 Å². The van der Waals surface area contributed by atoms with Crippen molar-refractivity contribution >= 4 is 0 Å². The minimum Gasteiger partial charge on any atom is -0.391 e. The molecule has 2 aliphatic rings. The number of aromatic nitrogens is 2. The summed E-state index contributed by atoms with van der Waals surface area (Å²) in [5, 5.41) is 14.1. The highest BCUT2D eigenvalue weighted by molar-refractivity contribution is 5.25. The zero-order valence-corrected chi connectivity index (χ0v) is 13.7. The van der Waals surface area contributed by atoms with Crippen molar-refractivity contribution in [3.63, 3.8) is 0 Å². The average Bonchev–Trinajstić information content (AvgIpc) is 2.70. The molecule has 1 aromatic rings. The van der Waals surface area contributed by atoms with E-state index in [2.05, 4.69) is 30.7 Å². The monoisotopic (exact) mass is 291 g/mol. The molecule has 0 aromatic carbocycles. The molecule has 1 aliphatic heterocycles. The molecular weight excluding hydrogens is 262 g/mol. The van der Waals surface area contributed by atoms with E-state index in [1.54, 1.807) is 0 Å². The second-order valence-corrected chi connectivity index (χ2v) is 7.65. The first-order valence-electron chi connectivity index (χ1n) is 8.47. The van der Waals surface area contributed by atoms with E-state index >= 15 is 0 Å².